The van der Waals surface area contributed by atoms with Gasteiger partial charge in [0.25, 0.3) is 0 Å². The fraction of sp³-hybridized carbons (Fsp3) is 0.600. The molecule has 0 amide bonds. The average molecular weight is 180 g/mol. The molecule has 0 atom stereocenters. The van der Waals surface area contributed by atoms with Gasteiger partial charge in [-0.15, -0.1) is 0 Å². The van der Waals surface area contributed by atoms with Crippen molar-refractivity contribution >= 4 is 0 Å². The molecule has 0 radical (unpaired) electrons. The lowest BCUT2D eigenvalue weighted by atomic mass is 10.2. The first-order valence-electron chi connectivity index (χ1n) is 5.00. The molecule has 0 aliphatic carbocycles. The van der Waals surface area contributed by atoms with Crippen molar-refractivity contribution in [3.8, 4) is 0 Å². The van der Waals surface area contributed by atoms with E-state index in [1.807, 2.05) is 22.5 Å². The molecule has 2 rings (SSSR count). The molecule has 0 aromatic carbocycles. The van der Waals surface area contributed by atoms with Crippen molar-refractivity contribution in [2.24, 2.45) is 0 Å². The Morgan fingerprint density at radius 2 is 1.38 bits per heavy atom. The smallest absolute Gasteiger partial charge is 0.0476 e. The minimum absolute atomic E-state index is 1.00. The molecule has 0 unspecified atom stereocenters. The molecule has 0 saturated carbocycles. The van der Waals surface area contributed by atoms with Crippen LogP contribution >= 0.6 is 0 Å². The third-order valence-corrected chi connectivity index (χ3v) is 2.25. The van der Waals surface area contributed by atoms with E-state index < -0.39 is 0 Å². The van der Waals surface area contributed by atoms with Crippen LogP contribution in [0.5, 0.6) is 0 Å². The number of hydroxylamine groups is 4. The molecule has 0 aromatic heterocycles. The van der Waals surface area contributed by atoms with Crippen LogP contribution in [0.3, 0.4) is 0 Å². The number of allylic oxidation sites excluding steroid dienone is 2. The minimum atomic E-state index is 1.00. The van der Waals surface area contributed by atoms with Crippen LogP contribution in [0.25, 0.3) is 0 Å². The van der Waals surface area contributed by atoms with Crippen LogP contribution in [0.1, 0.15) is 25.7 Å². The van der Waals surface area contributed by atoms with E-state index in [0.717, 1.165) is 13.1 Å². The Morgan fingerprint density at radius 1 is 0.846 bits per heavy atom. The van der Waals surface area contributed by atoms with Gasteiger partial charge in [-0.2, -0.15) is 4.94 Å². The van der Waals surface area contributed by atoms with Gasteiger partial charge in [0.15, 0.2) is 0 Å². The summed E-state index contributed by atoms with van der Waals surface area (Å²) in [6.07, 6.45) is 13.1. The SMILES string of the molecule is C1=CN(ON2C=CCCC2)CCC1. The number of rotatable bonds is 2. The zero-order chi connectivity index (χ0) is 8.93. The van der Waals surface area contributed by atoms with Crippen molar-refractivity contribution < 1.29 is 4.94 Å². The molecule has 0 N–H and O–H groups in total. The third-order valence-electron chi connectivity index (χ3n) is 2.25. The summed E-state index contributed by atoms with van der Waals surface area (Å²) in [7, 11) is 0. The standard InChI is InChI=1S/C10H16N2O/c1-3-7-11(8-4-1)13-12-9-5-2-6-10-12/h3,5,7,9H,1-2,4,6,8,10H2. The van der Waals surface area contributed by atoms with Crippen LogP contribution in [0.4, 0.5) is 0 Å². The third kappa shape index (κ3) is 2.49. The van der Waals surface area contributed by atoms with E-state index >= 15 is 0 Å². The van der Waals surface area contributed by atoms with Crippen molar-refractivity contribution in [1.29, 1.82) is 0 Å². The van der Waals surface area contributed by atoms with Gasteiger partial charge in [0.2, 0.25) is 0 Å². The Bertz CT molecular complexity index is 191. The maximum atomic E-state index is 5.63. The van der Waals surface area contributed by atoms with Gasteiger partial charge in [-0.3, -0.25) is 0 Å². The number of hydrogen-bond acceptors (Lipinski definition) is 3. The first-order chi connectivity index (χ1) is 6.45. The molecule has 2 aliphatic heterocycles. The van der Waals surface area contributed by atoms with Crippen LogP contribution in [0.2, 0.25) is 0 Å². The molecule has 2 heterocycles. The molecule has 0 spiro atoms. The predicted molar refractivity (Wildman–Crippen MR) is 51.2 cm³/mol. The van der Waals surface area contributed by atoms with Crippen LogP contribution in [0.15, 0.2) is 24.6 Å². The Balaban J connectivity index is 1.82. The van der Waals surface area contributed by atoms with Crippen molar-refractivity contribution in [1.82, 2.24) is 10.1 Å². The molecule has 72 valence electrons. The Hall–Kier alpha value is -0.960. The van der Waals surface area contributed by atoms with E-state index in [2.05, 4.69) is 12.2 Å². The maximum absolute atomic E-state index is 5.63. The van der Waals surface area contributed by atoms with Crippen molar-refractivity contribution in [3.05, 3.63) is 24.6 Å². The van der Waals surface area contributed by atoms with Crippen LogP contribution in [0, 0.1) is 0 Å². The lowest BCUT2D eigenvalue weighted by Gasteiger charge is -2.29. The van der Waals surface area contributed by atoms with Crippen molar-refractivity contribution in [2.75, 3.05) is 13.1 Å². The summed E-state index contributed by atoms with van der Waals surface area (Å²) in [5, 5.41) is 3.80. The van der Waals surface area contributed by atoms with Crippen LogP contribution in [-0.2, 0) is 4.94 Å². The monoisotopic (exact) mass is 180 g/mol. The maximum Gasteiger partial charge on any atom is 0.0476 e. The Kier molecular flexibility index (Phi) is 2.87. The second-order valence-electron chi connectivity index (χ2n) is 3.42. The Labute approximate surface area is 79.2 Å². The highest BCUT2D eigenvalue weighted by Gasteiger charge is 2.09. The van der Waals surface area contributed by atoms with Gasteiger partial charge in [0.05, 0.1) is 0 Å². The quantitative estimate of drug-likeness (QED) is 0.647. The highest BCUT2D eigenvalue weighted by atomic mass is 16.8. The molecule has 3 heteroatoms. The number of hydrogen-bond donors (Lipinski definition) is 0. The van der Waals surface area contributed by atoms with E-state index in [1.54, 1.807) is 0 Å². The molecule has 13 heavy (non-hydrogen) atoms. The Morgan fingerprint density at radius 3 is 1.77 bits per heavy atom. The van der Waals surface area contributed by atoms with E-state index in [-0.39, 0.29) is 0 Å². The van der Waals surface area contributed by atoms with Gasteiger partial charge in [0.1, 0.15) is 0 Å². The highest BCUT2D eigenvalue weighted by Crippen LogP contribution is 2.11. The fourth-order valence-corrected chi connectivity index (χ4v) is 1.53. The van der Waals surface area contributed by atoms with Gasteiger partial charge >= 0.3 is 0 Å². The van der Waals surface area contributed by atoms with Crippen molar-refractivity contribution in [3.63, 3.8) is 0 Å². The van der Waals surface area contributed by atoms with E-state index in [0.29, 0.717) is 0 Å². The van der Waals surface area contributed by atoms with Gasteiger partial charge in [0, 0.05) is 25.5 Å². The largest absolute Gasteiger partial charge is 0.237 e. The van der Waals surface area contributed by atoms with Gasteiger partial charge in [-0.1, -0.05) is 12.2 Å². The summed E-state index contributed by atoms with van der Waals surface area (Å²) >= 11 is 0. The molecular formula is C10H16N2O. The summed E-state index contributed by atoms with van der Waals surface area (Å²) < 4.78 is 0. The average Bonchev–Trinajstić information content (AvgIpc) is 2.21. The molecule has 2 aliphatic rings. The van der Waals surface area contributed by atoms with Gasteiger partial charge in [-0.05, 0) is 25.7 Å². The zero-order valence-electron chi connectivity index (χ0n) is 7.85. The van der Waals surface area contributed by atoms with E-state index in [1.165, 1.54) is 25.7 Å². The molecule has 0 aromatic rings. The molecule has 0 saturated heterocycles. The second-order valence-corrected chi connectivity index (χ2v) is 3.42. The van der Waals surface area contributed by atoms with E-state index in [4.69, 9.17) is 4.94 Å². The predicted octanol–water partition coefficient (Wildman–Crippen LogP) is 2.05. The van der Waals surface area contributed by atoms with Crippen LogP contribution < -0.4 is 0 Å². The first-order valence-corrected chi connectivity index (χ1v) is 5.00. The summed E-state index contributed by atoms with van der Waals surface area (Å²) in [5.74, 6) is 0. The number of nitrogens with zero attached hydrogens (tertiary/aromatic N) is 2. The fourth-order valence-electron chi connectivity index (χ4n) is 1.53. The minimum Gasteiger partial charge on any atom is -0.237 e. The molecule has 0 fully saturated rings. The summed E-state index contributed by atoms with van der Waals surface area (Å²) in [6.45, 7) is 2.00. The lowest BCUT2D eigenvalue weighted by molar-refractivity contribution is -0.283. The van der Waals surface area contributed by atoms with Gasteiger partial charge < -0.3 is 0 Å². The van der Waals surface area contributed by atoms with Crippen molar-refractivity contribution in [2.45, 2.75) is 25.7 Å². The summed E-state index contributed by atoms with van der Waals surface area (Å²) in [4.78, 5) is 5.63. The summed E-state index contributed by atoms with van der Waals surface area (Å²) in [5.41, 5.74) is 0. The molecule has 0 bridgehead atoms. The molecular weight excluding hydrogens is 164 g/mol. The normalized spacial score (nSPS) is 22.5. The summed E-state index contributed by atoms with van der Waals surface area (Å²) in [6, 6.07) is 0. The first kappa shape index (κ1) is 8.63. The van der Waals surface area contributed by atoms with Crippen LogP contribution in [-0.4, -0.2) is 23.2 Å². The molecule has 3 nitrogen and oxygen atoms in total. The topological polar surface area (TPSA) is 15.7 Å². The highest BCUT2D eigenvalue weighted by molar-refractivity contribution is 4.86. The lowest BCUT2D eigenvalue weighted by Crippen LogP contribution is -2.32. The second kappa shape index (κ2) is 4.33. The van der Waals surface area contributed by atoms with Gasteiger partial charge in [-0.25, -0.2) is 10.1 Å². The zero-order valence-corrected chi connectivity index (χ0v) is 7.85. The van der Waals surface area contributed by atoms with E-state index in [9.17, 15) is 0 Å².